The standard InChI is InChI=1S/C14H14ClINO3.C2HF3O2/c1-18-10-6-11(19-2)14(12(7-10)20-3)16-9-4-5-13(15)17-8-9;3-2(4,5)1(6)7/h4-8H,1-3H3;(H,6,7)/q+1;/p-1. The molecule has 1 aromatic carbocycles. The first kappa shape index (κ1) is 23.1. The second-order valence-corrected chi connectivity index (χ2v) is 7.78. The Balaban J connectivity index is 0.000000445. The topological polar surface area (TPSA) is 80.7 Å². The number of methoxy groups -OCH3 is 3. The number of aliphatic carboxylic acids is 1. The van der Waals surface area contributed by atoms with Gasteiger partial charge in [0.15, 0.2) is 11.5 Å². The van der Waals surface area contributed by atoms with Crippen LogP contribution >= 0.6 is 11.6 Å². The molecular weight excluding hydrogens is 506 g/mol. The lowest BCUT2D eigenvalue weighted by Gasteiger charge is -2.08. The molecule has 1 aromatic heterocycles. The first-order chi connectivity index (χ1) is 12.6. The number of carbonyl (C=O) groups is 1. The molecule has 0 N–H and O–H groups in total. The third kappa shape index (κ3) is 7.29. The molecule has 11 heteroatoms. The van der Waals surface area contributed by atoms with Gasteiger partial charge in [0.2, 0.25) is 3.57 Å². The summed E-state index contributed by atoms with van der Waals surface area (Å²) in [5.41, 5.74) is 0. The molecule has 0 saturated carbocycles. The molecule has 0 aliphatic heterocycles. The fourth-order valence-corrected chi connectivity index (χ4v) is 4.24. The third-order valence-corrected chi connectivity index (χ3v) is 5.87. The summed E-state index contributed by atoms with van der Waals surface area (Å²) in [6.45, 7) is 0. The second-order valence-electron chi connectivity index (χ2n) is 4.52. The van der Waals surface area contributed by atoms with Crippen LogP contribution in [-0.4, -0.2) is 38.5 Å². The smallest absolute Gasteiger partial charge is 0.430 e. The van der Waals surface area contributed by atoms with Gasteiger partial charge in [-0.3, -0.25) is 0 Å². The molecule has 0 saturated heterocycles. The summed E-state index contributed by atoms with van der Waals surface area (Å²) < 4.78 is 49.9. The molecule has 1 heterocycles. The van der Waals surface area contributed by atoms with Crippen LogP contribution in [0.25, 0.3) is 0 Å². The van der Waals surface area contributed by atoms with Crippen molar-refractivity contribution < 1.29 is 58.5 Å². The molecule has 0 bridgehead atoms. The van der Waals surface area contributed by atoms with Crippen LogP contribution in [0.4, 0.5) is 13.2 Å². The number of carboxylic acids is 1. The van der Waals surface area contributed by atoms with Gasteiger partial charge in [-0.05, 0) is 12.1 Å². The Hall–Kier alpha value is -1.95. The number of hydrogen-bond donors (Lipinski definition) is 0. The van der Waals surface area contributed by atoms with Crippen molar-refractivity contribution in [2.45, 2.75) is 6.18 Å². The largest absolute Gasteiger partial charge is 0.542 e. The van der Waals surface area contributed by atoms with E-state index in [0.29, 0.717) is 10.9 Å². The van der Waals surface area contributed by atoms with E-state index in [1.165, 1.54) is 0 Å². The zero-order chi connectivity index (χ0) is 20.6. The maximum absolute atomic E-state index is 10.5. The lowest BCUT2D eigenvalue weighted by molar-refractivity contribution is -0.599. The molecule has 0 aliphatic carbocycles. The van der Waals surface area contributed by atoms with Gasteiger partial charge < -0.3 is 24.1 Å². The summed E-state index contributed by atoms with van der Waals surface area (Å²) in [5.74, 6) is -0.763. The summed E-state index contributed by atoms with van der Waals surface area (Å²) >= 11 is 5.32. The average molecular weight is 520 g/mol. The monoisotopic (exact) mass is 519 g/mol. The summed E-state index contributed by atoms with van der Waals surface area (Å²) in [4.78, 5) is 12.9. The van der Waals surface area contributed by atoms with Gasteiger partial charge in [-0.25, -0.2) is 4.98 Å². The van der Waals surface area contributed by atoms with Crippen LogP contribution in [0.2, 0.25) is 5.15 Å². The summed E-state index contributed by atoms with van der Waals surface area (Å²) in [6.07, 6.45) is -3.40. The van der Waals surface area contributed by atoms with Crippen LogP contribution in [0.5, 0.6) is 17.2 Å². The van der Waals surface area contributed by atoms with Gasteiger partial charge in [0.05, 0.1) is 27.5 Å². The first-order valence-corrected chi connectivity index (χ1v) is 9.50. The number of rotatable bonds is 5. The summed E-state index contributed by atoms with van der Waals surface area (Å²) in [7, 11) is 4.90. The van der Waals surface area contributed by atoms with Crippen LogP contribution in [0.3, 0.4) is 0 Å². The average Bonchev–Trinajstić information content (AvgIpc) is 2.63. The van der Waals surface area contributed by atoms with E-state index in [4.69, 9.17) is 35.7 Å². The fourth-order valence-electron chi connectivity index (χ4n) is 1.58. The summed E-state index contributed by atoms with van der Waals surface area (Å²) in [5, 5.41) is 9.28. The van der Waals surface area contributed by atoms with Crippen LogP contribution in [0, 0.1) is 7.14 Å². The van der Waals surface area contributed by atoms with Crippen LogP contribution < -0.4 is 40.5 Å². The molecule has 6 nitrogen and oxygen atoms in total. The third-order valence-electron chi connectivity index (χ3n) is 2.78. The Morgan fingerprint density at radius 1 is 1.11 bits per heavy atom. The van der Waals surface area contributed by atoms with Crippen molar-refractivity contribution in [3.8, 4) is 17.2 Å². The summed E-state index contributed by atoms with van der Waals surface area (Å²) in [6, 6.07) is 7.49. The molecule has 0 radical (unpaired) electrons. The number of aromatic nitrogens is 1. The Kier molecular flexibility index (Phi) is 8.89. The van der Waals surface area contributed by atoms with E-state index in [2.05, 4.69) is 4.98 Å². The number of carbonyl (C=O) groups excluding carboxylic acids is 1. The quantitative estimate of drug-likeness (QED) is 0.380. The molecule has 148 valence electrons. The molecule has 27 heavy (non-hydrogen) atoms. The number of ether oxygens (including phenoxy) is 3. The first-order valence-electron chi connectivity index (χ1n) is 6.97. The normalized spacial score (nSPS) is 10.5. The van der Waals surface area contributed by atoms with E-state index in [1.807, 2.05) is 18.2 Å². The van der Waals surface area contributed by atoms with Crippen molar-refractivity contribution in [2.24, 2.45) is 0 Å². The van der Waals surface area contributed by atoms with Crippen LogP contribution in [0.1, 0.15) is 0 Å². The van der Waals surface area contributed by atoms with Gasteiger partial charge in [0.25, 0.3) is 3.57 Å². The second kappa shape index (κ2) is 10.4. The van der Waals surface area contributed by atoms with E-state index < -0.39 is 33.4 Å². The minimum Gasteiger partial charge on any atom is -0.542 e. The Morgan fingerprint density at radius 3 is 1.96 bits per heavy atom. The van der Waals surface area contributed by atoms with Crippen LogP contribution in [-0.2, 0) is 4.79 Å². The highest BCUT2D eigenvalue weighted by Crippen LogP contribution is 2.27. The Labute approximate surface area is 168 Å². The van der Waals surface area contributed by atoms with E-state index in [0.717, 1.165) is 18.6 Å². The van der Waals surface area contributed by atoms with Crippen molar-refractivity contribution in [2.75, 3.05) is 21.3 Å². The number of carboxylic acid groups (broad SMARTS) is 1. The molecule has 0 amide bonds. The number of halogens is 5. The highest BCUT2D eigenvalue weighted by molar-refractivity contribution is 6.29. The number of benzene rings is 1. The SMILES string of the molecule is COc1cc(OC)c([I+]c2ccc(Cl)nc2)c(OC)c1.O=C([O-])C(F)(F)F. The predicted octanol–water partition coefficient (Wildman–Crippen LogP) is -0.812. The van der Waals surface area contributed by atoms with Gasteiger partial charge in [-0.15, -0.1) is 0 Å². The number of alkyl halides is 3. The molecule has 0 atom stereocenters. The van der Waals surface area contributed by atoms with E-state index >= 15 is 0 Å². The highest BCUT2D eigenvalue weighted by atomic mass is 127. The van der Waals surface area contributed by atoms with Gasteiger partial charge in [0, 0.05) is 12.1 Å². The van der Waals surface area contributed by atoms with Crippen molar-refractivity contribution in [3.63, 3.8) is 0 Å². The Morgan fingerprint density at radius 2 is 1.63 bits per heavy atom. The predicted molar refractivity (Wildman–Crippen MR) is 83.8 cm³/mol. The Bertz CT molecular complexity index is 747. The van der Waals surface area contributed by atoms with Crippen molar-refractivity contribution in [1.82, 2.24) is 4.98 Å². The van der Waals surface area contributed by atoms with Gasteiger partial charge in [-0.1, -0.05) is 11.6 Å². The maximum atomic E-state index is 10.5. The fraction of sp³-hybridized carbons (Fsp3) is 0.250. The molecule has 2 rings (SSSR count). The lowest BCUT2D eigenvalue weighted by Crippen LogP contribution is -3.61. The van der Waals surface area contributed by atoms with Crippen molar-refractivity contribution >= 4 is 17.6 Å². The van der Waals surface area contributed by atoms with Crippen molar-refractivity contribution in [3.05, 3.63) is 42.8 Å². The molecular formula is C16H14ClF3INO5. The van der Waals surface area contributed by atoms with Gasteiger partial charge in [-0.2, -0.15) is 13.2 Å². The minimum atomic E-state index is -5.19. The lowest BCUT2D eigenvalue weighted by atomic mass is 10.3. The molecule has 0 aliphatic rings. The van der Waals surface area contributed by atoms with Gasteiger partial charge >= 0.3 is 27.4 Å². The number of nitrogens with zero attached hydrogens (tertiary/aromatic N) is 1. The van der Waals surface area contributed by atoms with E-state index in [9.17, 15) is 13.2 Å². The molecule has 2 aromatic rings. The molecule has 0 unspecified atom stereocenters. The molecule has 0 fully saturated rings. The minimum absolute atomic E-state index is 0.485. The zero-order valence-electron chi connectivity index (χ0n) is 14.3. The highest BCUT2D eigenvalue weighted by Gasteiger charge is 2.29. The number of pyridine rings is 1. The van der Waals surface area contributed by atoms with E-state index in [1.54, 1.807) is 33.6 Å². The molecule has 0 spiro atoms. The zero-order valence-corrected chi connectivity index (χ0v) is 17.2. The van der Waals surface area contributed by atoms with Gasteiger partial charge in [0.1, 0.15) is 16.9 Å². The van der Waals surface area contributed by atoms with Crippen molar-refractivity contribution in [1.29, 1.82) is 0 Å². The van der Waals surface area contributed by atoms with Crippen LogP contribution in [0.15, 0.2) is 30.5 Å². The maximum Gasteiger partial charge on any atom is 0.430 e. The number of hydrogen-bond acceptors (Lipinski definition) is 6. The van der Waals surface area contributed by atoms with E-state index in [-0.39, 0.29) is 0 Å².